The molecule has 0 bridgehead atoms. The summed E-state index contributed by atoms with van der Waals surface area (Å²) in [6.45, 7) is 8.54. The van der Waals surface area contributed by atoms with Crippen LogP contribution in [0.5, 0.6) is 11.5 Å². The monoisotopic (exact) mass is 285 g/mol. The van der Waals surface area contributed by atoms with Gasteiger partial charge in [0.25, 0.3) is 0 Å². The van der Waals surface area contributed by atoms with E-state index in [1.54, 1.807) is 12.1 Å². The Labute approximate surface area is 126 Å². The molecule has 21 heavy (non-hydrogen) atoms. The first kappa shape index (κ1) is 15.2. The minimum Gasteiger partial charge on any atom is -0.508 e. The van der Waals surface area contributed by atoms with Crippen LogP contribution in [0.3, 0.4) is 0 Å². The topological polar surface area (TPSA) is 52.5 Å². The molecule has 0 saturated heterocycles. The second-order valence-electron chi connectivity index (χ2n) is 6.44. The molecule has 0 radical (unpaired) electrons. The maximum atomic E-state index is 9.89. The molecule has 3 nitrogen and oxygen atoms in total. The Morgan fingerprint density at radius 3 is 2.10 bits per heavy atom. The first-order valence-corrected chi connectivity index (χ1v) is 7.16. The number of phenolic OH excluding ortho intramolecular Hbond substituents is 2. The molecule has 2 aromatic carbocycles. The molecule has 0 fully saturated rings. The van der Waals surface area contributed by atoms with E-state index >= 15 is 0 Å². The zero-order valence-electron chi connectivity index (χ0n) is 13.0. The summed E-state index contributed by atoms with van der Waals surface area (Å²) < 4.78 is 0. The van der Waals surface area contributed by atoms with Gasteiger partial charge in [0, 0.05) is 17.3 Å². The summed E-state index contributed by atoms with van der Waals surface area (Å²) in [5, 5.41) is 22.6. The first-order chi connectivity index (χ1) is 9.77. The van der Waals surface area contributed by atoms with Crippen LogP contribution in [0.4, 0.5) is 5.69 Å². The molecule has 0 aliphatic carbocycles. The lowest BCUT2D eigenvalue weighted by Gasteiger charge is -2.21. The van der Waals surface area contributed by atoms with Gasteiger partial charge in [0.05, 0.1) is 6.04 Å². The fourth-order valence-corrected chi connectivity index (χ4v) is 2.29. The molecule has 112 valence electrons. The Balaban J connectivity index is 2.14. The van der Waals surface area contributed by atoms with Crippen LogP contribution in [0, 0.1) is 0 Å². The molecule has 2 aromatic rings. The molecular weight excluding hydrogens is 262 g/mol. The summed E-state index contributed by atoms with van der Waals surface area (Å²) >= 11 is 0. The van der Waals surface area contributed by atoms with Crippen molar-refractivity contribution in [1.82, 2.24) is 0 Å². The van der Waals surface area contributed by atoms with Gasteiger partial charge in [-0.05, 0) is 42.2 Å². The third kappa shape index (κ3) is 3.69. The van der Waals surface area contributed by atoms with E-state index in [0.29, 0.717) is 0 Å². The highest BCUT2D eigenvalue weighted by Gasteiger charge is 2.14. The molecule has 0 aliphatic rings. The first-order valence-electron chi connectivity index (χ1n) is 7.16. The van der Waals surface area contributed by atoms with Crippen molar-refractivity contribution in [2.75, 3.05) is 5.32 Å². The molecule has 0 aliphatic heterocycles. The molecular formula is C18H23NO2. The fraction of sp³-hybridized carbons (Fsp3) is 0.333. The van der Waals surface area contributed by atoms with Crippen molar-refractivity contribution < 1.29 is 10.2 Å². The van der Waals surface area contributed by atoms with Gasteiger partial charge in [-0.25, -0.2) is 0 Å². The number of rotatable bonds is 3. The van der Waals surface area contributed by atoms with E-state index in [-0.39, 0.29) is 23.0 Å². The maximum Gasteiger partial charge on any atom is 0.124 e. The Kier molecular flexibility index (Phi) is 4.12. The van der Waals surface area contributed by atoms with E-state index in [0.717, 1.165) is 11.3 Å². The largest absolute Gasteiger partial charge is 0.508 e. The van der Waals surface area contributed by atoms with Crippen LogP contribution in [0.15, 0.2) is 42.5 Å². The smallest absolute Gasteiger partial charge is 0.124 e. The van der Waals surface area contributed by atoms with E-state index in [9.17, 15) is 10.2 Å². The molecule has 1 atom stereocenters. The van der Waals surface area contributed by atoms with Crippen molar-refractivity contribution in [3.05, 3.63) is 53.6 Å². The summed E-state index contributed by atoms with van der Waals surface area (Å²) in [7, 11) is 0. The van der Waals surface area contributed by atoms with E-state index in [2.05, 4.69) is 50.4 Å². The van der Waals surface area contributed by atoms with E-state index in [4.69, 9.17) is 0 Å². The molecule has 1 unspecified atom stereocenters. The third-order valence-electron chi connectivity index (χ3n) is 3.61. The summed E-state index contributed by atoms with van der Waals surface area (Å²) in [5.41, 5.74) is 3.18. The van der Waals surface area contributed by atoms with Crippen LogP contribution < -0.4 is 5.32 Å². The summed E-state index contributed by atoms with van der Waals surface area (Å²) in [6, 6.07) is 12.9. The lowest BCUT2D eigenvalue weighted by atomic mass is 9.87. The highest BCUT2D eigenvalue weighted by atomic mass is 16.3. The van der Waals surface area contributed by atoms with E-state index in [1.165, 1.54) is 11.6 Å². The van der Waals surface area contributed by atoms with Gasteiger partial charge in [0.1, 0.15) is 11.5 Å². The second kappa shape index (κ2) is 5.68. The molecule has 3 N–H and O–H groups in total. The van der Waals surface area contributed by atoms with Gasteiger partial charge in [0.2, 0.25) is 0 Å². The van der Waals surface area contributed by atoms with Gasteiger partial charge in [-0.15, -0.1) is 0 Å². The van der Waals surface area contributed by atoms with Crippen LogP contribution in [0.25, 0.3) is 0 Å². The lowest BCUT2D eigenvalue weighted by molar-refractivity contribution is 0.444. The van der Waals surface area contributed by atoms with Gasteiger partial charge in [-0.2, -0.15) is 0 Å². The standard InChI is InChI=1S/C18H23NO2/c1-12(16-10-9-15(20)11-17(16)21)19-14-7-5-13(6-8-14)18(2,3)4/h5-12,19-21H,1-4H3. The van der Waals surface area contributed by atoms with Gasteiger partial charge in [-0.1, -0.05) is 32.9 Å². The number of aromatic hydroxyl groups is 2. The van der Waals surface area contributed by atoms with Crippen molar-refractivity contribution in [1.29, 1.82) is 0 Å². The number of hydrogen-bond donors (Lipinski definition) is 3. The minimum atomic E-state index is -0.0499. The molecule has 3 heteroatoms. The van der Waals surface area contributed by atoms with Crippen molar-refractivity contribution in [3.63, 3.8) is 0 Å². The SMILES string of the molecule is CC(Nc1ccc(C(C)(C)C)cc1)c1ccc(O)cc1O. The van der Waals surface area contributed by atoms with Crippen LogP contribution in [-0.4, -0.2) is 10.2 Å². The van der Waals surface area contributed by atoms with Gasteiger partial charge in [-0.3, -0.25) is 0 Å². The summed E-state index contributed by atoms with van der Waals surface area (Å²) in [4.78, 5) is 0. The maximum absolute atomic E-state index is 9.89. The molecule has 2 rings (SSSR count). The second-order valence-corrected chi connectivity index (χ2v) is 6.44. The van der Waals surface area contributed by atoms with Crippen LogP contribution in [0.2, 0.25) is 0 Å². The normalized spacial score (nSPS) is 13.0. The zero-order chi connectivity index (χ0) is 15.6. The molecule has 0 aromatic heterocycles. The third-order valence-corrected chi connectivity index (χ3v) is 3.61. The van der Waals surface area contributed by atoms with Crippen molar-refractivity contribution in [3.8, 4) is 11.5 Å². The van der Waals surface area contributed by atoms with Crippen LogP contribution in [-0.2, 0) is 5.41 Å². The number of nitrogens with one attached hydrogen (secondary N) is 1. The fourth-order valence-electron chi connectivity index (χ4n) is 2.29. The zero-order valence-corrected chi connectivity index (χ0v) is 13.0. The predicted molar refractivity (Wildman–Crippen MR) is 87.0 cm³/mol. The van der Waals surface area contributed by atoms with E-state index in [1.807, 2.05) is 6.92 Å². The van der Waals surface area contributed by atoms with Gasteiger partial charge >= 0.3 is 0 Å². The average Bonchev–Trinajstić information content (AvgIpc) is 2.38. The number of hydrogen-bond acceptors (Lipinski definition) is 3. The molecule has 0 saturated carbocycles. The van der Waals surface area contributed by atoms with Crippen LogP contribution in [0.1, 0.15) is 44.9 Å². The Morgan fingerprint density at radius 1 is 0.952 bits per heavy atom. The Bertz CT molecular complexity index is 612. The van der Waals surface area contributed by atoms with Crippen molar-refractivity contribution >= 4 is 5.69 Å². The predicted octanol–water partition coefficient (Wildman–Crippen LogP) is 4.57. The van der Waals surface area contributed by atoms with Crippen molar-refractivity contribution in [2.24, 2.45) is 0 Å². The van der Waals surface area contributed by atoms with E-state index < -0.39 is 0 Å². The molecule has 0 heterocycles. The van der Waals surface area contributed by atoms with Gasteiger partial charge < -0.3 is 15.5 Å². The Morgan fingerprint density at radius 2 is 1.57 bits per heavy atom. The number of benzene rings is 2. The lowest BCUT2D eigenvalue weighted by Crippen LogP contribution is -2.11. The average molecular weight is 285 g/mol. The quantitative estimate of drug-likeness (QED) is 0.774. The summed E-state index contributed by atoms with van der Waals surface area (Å²) in [5.74, 6) is 0.166. The highest BCUT2D eigenvalue weighted by molar-refractivity contribution is 5.50. The Hall–Kier alpha value is -2.16. The van der Waals surface area contributed by atoms with Crippen molar-refractivity contribution in [2.45, 2.75) is 39.2 Å². The molecule has 0 amide bonds. The number of phenols is 2. The van der Waals surface area contributed by atoms with Gasteiger partial charge in [0.15, 0.2) is 0 Å². The summed E-state index contributed by atoms with van der Waals surface area (Å²) in [6.07, 6.45) is 0. The number of anilines is 1. The van der Waals surface area contributed by atoms with Crippen LogP contribution >= 0.6 is 0 Å². The molecule has 0 spiro atoms. The minimum absolute atomic E-state index is 0.0499. The highest BCUT2D eigenvalue weighted by Crippen LogP contribution is 2.30.